The number of amides is 2. The molecule has 0 unspecified atom stereocenters. The zero-order valence-corrected chi connectivity index (χ0v) is 12.9. The van der Waals surface area contributed by atoms with Crippen molar-refractivity contribution in [3.8, 4) is 0 Å². The van der Waals surface area contributed by atoms with Crippen LogP contribution >= 0.6 is 0 Å². The highest BCUT2D eigenvalue weighted by atomic mass is 16.5. The van der Waals surface area contributed by atoms with Crippen molar-refractivity contribution >= 4 is 6.03 Å². The predicted molar refractivity (Wildman–Crippen MR) is 79.9 cm³/mol. The Kier molecular flexibility index (Phi) is 6.10. The molecule has 20 heavy (non-hydrogen) atoms. The van der Waals surface area contributed by atoms with Crippen molar-refractivity contribution in [2.24, 2.45) is 0 Å². The van der Waals surface area contributed by atoms with Crippen LogP contribution in [0.25, 0.3) is 0 Å². The first-order valence-electron chi connectivity index (χ1n) is 7.96. The van der Waals surface area contributed by atoms with Crippen LogP contribution < -0.4 is 5.32 Å². The van der Waals surface area contributed by atoms with E-state index in [1.807, 2.05) is 11.9 Å². The number of urea groups is 1. The lowest BCUT2D eigenvalue weighted by Crippen LogP contribution is -2.43. The van der Waals surface area contributed by atoms with Gasteiger partial charge in [-0.05, 0) is 58.2 Å². The summed E-state index contributed by atoms with van der Waals surface area (Å²) in [4.78, 5) is 16.4. The summed E-state index contributed by atoms with van der Waals surface area (Å²) in [7, 11) is 3.64. The molecule has 2 aliphatic rings. The first-order chi connectivity index (χ1) is 9.69. The third kappa shape index (κ3) is 4.63. The SMILES string of the molecule is CO[C@@H]1CC[C@H](NC(=O)N(C)CCCN2CCCC2)C1. The van der Waals surface area contributed by atoms with E-state index in [1.54, 1.807) is 7.11 Å². The number of likely N-dealkylation sites (tertiary alicyclic amines) is 1. The van der Waals surface area contributed by atoms with E-state index in [4.69, 9.17) is 4.74 Å². The molecule has 1 heterocycles. The lowest BCUT2D eigenvalue weighted by Gasteiger charge is -2.22. The topological polar surface area (TPSA) is 44.8 Å². The minimum Gasteiger partial charge on any atom is -0.381 e. The Morgan fingerprint density at radius 3 is 2.75 bits per heavy atom. The van der Waals surface area contributed by atoms with Crippen molar-refractivity contribution in [3.05, 3.63) is 0 Å². The Bertz CT molecular complexity index is 305. The summed E-state index contributed by atoms with van der Waals surface area (Å²) in [5.74, 6) is 0. The quantitative estimate of drug-likeness (QED) is 0.806. The van der Waals surface area contributed by atoms with Crippen LogP contribution in [0.1, 0.15) is 38.5 Å². The summed E-state index contributed by atoms with van der Waals surface area (Å²) < 4.78 is 5.33. The van der Waals surface area contributed by atoms with Crippen LogP contribution in [0.5, 0.6) is 0 Å². The molecule has 1 aliphatic carbocycles. The van der Waals surface area contributed by atoms with Gasteiger partial charge < -0.3 is 19.9 Å². The van der Waals surface area contributed by atoms with E-state index in [1.165, 1.54) is 25.9 Å². The largest absolute Gasteiger partial charge is 0.381 e. The molecule has 5 nitrogen and oxygen atoms in total. The molecule has 0 spiro atoms. The summed E-state index contributed by atoms with van der Waals surface area (Å²) in [6, 6.07) is 0.349. The number of hydrogen-bond acceptors (Lipinski definition) is 3. The van der Waals surface area contributed by atoms with Crippen LogP contribution in [0.3, 0.4) is 0 Å². The maximum absolute atomic E-state index is 12.1. The Morgan fingerprint density at radius 1 is 1.35 bits per heavy atom. The molecule has 0 radical (unpaired) electrons. The molecule has 2 fully saturated rings. The van der Waals surface area contributed by atoms with Crippen molar-refractivity contribution in [2.45, 2.75) is 50.7 Å². The molecular formula is C15H29N3O2. The van der Waals surface area contributed by atoms with Crippen LogP contribution in [-0.2, 0) is 4.74 Å². The average molecular weight is 283 g/mol. The molecule has 0 bridgehead atoms. The molecule has 1 saturated heterocycles. The first kappa shape index (κ1) is 15.6. The van der Waals surface area contributed by atoms with Crippen LogP contribution in [0.2, 0.25) is 0 Å². The molecule has 2 amide bonds. The minimum atomic E-state index is 0.0631. The van der Waals surface area contributed by atoms with Gasteiger partial charge in [0.1, 0.15) is 0 Å². The van der Waals surface area contributed by atoms with E-state index < -0.39 is 0 Å². The van der Waals surface area contributed by atoms with Gasteiger partial charge in [-0.15, -0.1) is 0 Å². The van der Waals surface area contributed by atoms with Gasteiger partial charge in [0, 0.05) is 26.7 Å². The van der Waals surface area contributed by atoms with Gasteiger partial charge in [0.05, 0.1) is 6.10 Å². The van der Waals surface area contributed by atoms with Crippen LogP contribution in [-0.4, -0.2) is 68.3 Å². The number of hydrogen-bond donors (Lipinski definition) is 1. The van der Waals surface area contributed by atoms with Crippen LogP contribution in [0, 0.1) is 0 Å². The zero-order valence-electron chi connectivity index (χ0n) is 12.9. The number of rotatable bonds is 6. The lowest BCUT2D eigenvalue weighted by atomic mass is 10.2. The van der Waals surface area contributed by atoms with Gasteiger partial charge in [-0.1, -0.05) is 0 Å². The van der Waals surface area contributed by atoms with Gasteiger partial charge >= 0.3 is 6.03 Å². The summed E-state index contributed by atoms with van der Waals surface area (Å²) in [5.41, 5.74) is 0. The number of carbonyl (C=O) groups is 1. The number of ether oxygens (including phenoxy) is 1. The number of nitrogens with one attached hydrogen (secondary N) is 1. The second-order valence-corrected chi connectivity index (χ2v) is 6.14. The standard InChI is InChI=1S/C15H29N3O2/c1-17(8-5-11-18-9-3-4-10-18)15(19)16-13-6-7-14(12-13)20-2/h13-14H,3-12H2,1-2H3,(H,16,19)/t13-,14+/m0/s1. The minimum absolute atomic E-state index is 0.0631. The maximum Gasteiger partial charge on any atom is 0.317 e. The monoisotopic (exact) mass is 283 g/mol. The molecule has 0 aromatic carbocycles. The lowest BCUT2D eigenvalue weighted by molar-refractivity contribution is 0.107. The fourth-order valence-corrected chi connectivity index (χ4v) is 3.21. The van der Waals surface area contributed by atoms with E-state index in [0.29, 0.717) is 6.10 Å². The van der Waals surface area contributed by atoms with Crippen LogP contribution in [0.15, 0.2) is 0 Å². The smallest absolute Gasteiger partial charge is 0.317 e. The first-order valence-corrected chi connectivity index (χ1v) is 7.96. The molecule has 0 aromatic heterocycles. The van der Waals surface area contributed by atoms with Gasteiger partial charge in [-0.2, -0.15) is 0 Å². The van der Waals surface area contributed by atoms with Crippen molar-refractivity contribution in [1.82, 2.24) is 15.1 Å². The average Bonchev–Trinajstić information content (AvgIpc) is 3.09. The molecule has 5 heteroatoms. The number of nitrogens with zero attached hydrogens (tertiary/aromatic N) is 2. The van der Waals surface area contributed by atoms with E-state index in [-0.39, 0.29) is 12.1 Å². The Morgan fingerprint density at radius 2 is 2.10 bits per heavy atom. The predicted octanol–water partition coefficient (Wildman–Crippen LogP) is 1.68. The fraction of sp³-hybridized carbons (Fsp3) is 0.933. The summed E-state index contributed by atoms with van der Waals surface area (Å²) in [6.45, 7) is 4.42. The molecule has 1 saturated carbocycles. The normalized spacial score (nSPS) is 26.9. The third-order valence-corrected chi connectivity index (χ3v) is 4.56. The summed E-state index contributed by atoms with van der Waals surface area (Å²) in [5, 5.41) is 3.11. The van der Waals surface area contributed by atoms with Gasteiger partial charge in [0.25, 0.3) is 0 Å². The van der Waals surface area contributed by atoms with Crippen molar-refractivity contribution in [1.29, 1.82) is 0 Å². The molecule has 116 valence electrons. The number of carbonyl (C=O) groups excluding carboxylic acids is 1. The second kappa shape index (κ2) is 7.84. The van der Waals surface area contributed by atoms with Gasteiger partial charge in [0.15, 0.2) is 0 Å². The molecular weight excluding hydrogens is 254 g/mol. The van der Waals surface area contributed by atoms with E-state index in [9.17, 15) is 4.79 Å². The summed E-state index contributed by atoms with van der Waals surface area (Å²) in [6.07, 6.45) is 7.09. The number of methoxy groups -OCH3 is 1. The molecule has 2 rings (SSSR count). The highest BCUT2D eigenvalue weighted by Crippen LogP contribution is 2.21. The molecule has 1 N–H and O–H groups in total. The highest BCUT2D eigenvalue weighted by Gasteiger charge is 2.26. The second-order valence-electron chi connectivity index (χ2n) is 6.14. The third-order valence-electron chi connectivity index (χ3n) is 4.56. The fourth-order valence-electron chi connectivity index (χ4n) is 3.21. The Balaban J connectivity index is 1.59. The van der Waals surface area contributed by atoms with Crippen LogP contribution in [0.4, 0.5) is 4.79 Å². The molecule has 1 aliphatic heterocycles. The Hall–Kier alpha value is -0.810. The van der Waals surface area contributed by atoms with Gasteiger partial charge in [-0.25, -0.2) is 4.79 Å². The van der Waals surface area contributed by atoms with E-state index in [2.05, 4.69) is 10.2 Å². The van der Waals surface area contributed by atoms with Gasteiger partial charge in [0.2, 0.25) is 0 Å². The molecule has 0 aromatic rings. The molecule has 2 atom stereocenters. The maximum atomic E-state index is 12.1. The zero-order chi connectivity index (χ0) is 14.4. The van der Waals surface area contributed by atoms with Gasteiger partial charge in [-0.3, -0.25) is 0 Å². The Labute approximate surface area is 122 Å². The van der Waals surface area contributed by atoms with E-state index in [0.717, 1.165) is 38.8 Å². The van der Waals surface area contributed by atoms with Crippen molar-refractivity contribution < 1.29 is 9.53 Å². The van der Waals surface area contributed by atoms with Crippen molar-refractivity contribution in [3.63, 3.8) is 0 Å². The summed E-state index contributed by atoms with van der Waals surface area (Å²) >= 11 is 0. The van der Waals surface area contributed by atoms with E-state index >= 15 is 0 Å². The van der Waals surface area contributed by atoms with Crippen molar-refractivity contribution in [2.75, 3.05) is 40.3 Å². The highest BCUT2D eigenvalue weighted by molar-refractivity contribution is 5.74.